The largest absolute Gasteiger partial charge is 0.492 e. The number of esters is 1. The molecule has 2 aromatic carbocycles. The Hall–Kier alpha value is -3.60. The fourth-order valence-corrected chi connectivity index (χ4v) is 3.74. The van der Waals surface area contributed by atoms with Crippen molar-refractivity contribution >= 4 is 16.9 Å². The lowest BCUT2D eigenvalue weighted by molar-refractivity contribution is 0.0526. The standard InChI is InChI=1S/C25H24N2O3/c1-3-29-25(28)19-10-12-21(13-11-19)30-16-15-27-23-9-5-4-8-22(23)18(2)24(27)20-7-6-14-26-17-20/h4-14,17H,3,15-16H2,1-2H3. The Morgan fingerprint density at radius 1 is 1.03 bits per heavy atom. The van der Waals surface area contributed by atoms with E-state index >= 15 is 0 Å². The van der Waals surface area contributed by atoms with Gasteiger partial charge >= 0.3 is 5.97 Å². The smallest absolute Gasteiger partial charge is 0.338 e. The summed E-state index contributed by atoms with van der Waals surface area (Å²) in [6.07, 6.45) is 3.68. The van der Waals surface area contributed by atoms with Gasteiger partial charge in [0.25, 0.3) is 0 Å². The number of hydrogen-bond acceptors (Lipinski definition) is 4. The molecule has 0 radical (unpaired) electrons. The molecule has 4 aromatic rings. The van der Waals surface area contributed by atoms with Crippen molar-refractivity contribution in [3.63, 3.8) is 0 Å². The molecule has 0 spiro atoms. The van der Waals surface area contributed by atoms with Gasteiger partial charge in [0.15, 0.2) is 0 Å². The first-order valence-electron chi connectivity index (χ1n) is 10.1. The van der Waals surface area contributed by atoms with Gasteiger partial charge in [-0.05, 0) is 61.9 Å². The molecule has 0 aliphatic rings. The Morgan fingerprint density at radius 3 is 2.57 bits per heavy atom. The predicted molar refractivity (Wildman–Crippen MR) is 118 cm³/mol. The average molecular weight is 400 g/mol. The minimum absolute atomic E-state index is 0.320. The lowest BCUT2D eigenvalue weighted by Crippen LogP contribution is -2.10. The molecule has 5 nitrogen and oxygen atoms in total. The quantitative estimate of drug-likeness (QED) is 0.397. The van der Waals surface area contributed by atoms with Crippen molar-refractivity contribution in [3.05, 3.63) is 84.2 Å². The van der Waals surface area contributed by atoms with Crippen LogP contribution < -0.4 is 4.74 Å². The maximum absolute atomic E-state index is 11.8. The van der Waals surface area contributed by atoms with Gasteiger partial charge in [0.05, 0.1) is 24.4 Å². The van der Waals surface area contributed by atoms with Gasteiger partial charge in [0, 0.05) is 28.9 Å². The van der Waals surface area contributed by atoms with Crippen LogP contribution >= 0.6 is 0 Å². The lowest BCUT2D eigenvalue weighted by atomic mass is 10.1. The van der Waals surface area contributed by atoms with Crippen molar-refractivity contribution < 1.29 is 14.3 Å². The van der Waals surface area contributed by atoms with Crippen LogP contribution in [0, 0.1) is 6.92 Å². The molecule has 5 heteroatoms. The Labute approximate surface area is 175 Å². The molecule has 0 unspecified atom stereocenters. The van der Waals surface area contributed by atoms with E-state index in [0.717, 1.165) is 17.0 Å². The summed E-state index contributed by atoms with van der Waals surface area (Å²) < 4.78 is 13.3. The normalized spacial score (nSPS) is 10.9. The predicted octanol–water partition coefficient (Wildman–Crippen LogP) is 5.27. The molecular weight excluding hydrogens is 376 g/mol. The number of nitrogens with zero attached hydrogens (tertiary/aromatic N) is 2. The first-order chi connectivity index (χ1) is 14.7. The van der Waals surface area contributed by atoms with E-state index in [1.54, 1.807) is 37.4 Å². The number of para-hydroxylation sites is 1. The third-order valence-electron chi connectivity index (χ3n) is 5.11. The highest BCUT2D eigenvalue weighted by Gasteiger charge is 2.15. The highest BCUT2D eigenvalue weighted by molar-refractivity contribution is 5.91. The van der Waals surface area contributed by atoms with E-state index in [2.05, 4.69) is 46.8 Å². The molecule has 0 aliphatic heterocycles. The van der Waals surface area contributed by atoms with Gasteiger partial charge < -0.3 is 14.0 Å². The third-order valence-corrected chi connectivity index (χ3v) is 5.11. The summed E-state index contributed by atoms with van der Waals surface area (Å²) in [5, 5.41) is 1.23. The van der Waals surface area contributed by atoms with Crippen LogP contribution in [0.4, 0.5) is 0 Å². The molecule has 0 fully saturated rings. The first kappa shape index (κ1) is 19.7. The summed E-state index contributed by atoms with van der Waals surface area (Å²) in [4.78, 5) is 16.1. The zero-order chi connectivity index (χ0) is 20.9. The van der Waals surface area contributed by atoms with Crippen molar-refractivity contribution in [1.82, 2.24) is 9.55 Å². The number of rotatable bonds is 7. The summed E-state index contributed by atoms with van der Waals surface area (Å²) in [6, 6.07) is 19.5. The molecule has 0 amide bonds. The summed E-state index contributed by atoms with van der Waals surface area (Å²) in [5.41, 5.74) is 5.18. The number of hydrogen-bond donors (Lipinski definition) is 0. The number of aromatic nitrogens is 2. The van der Waals surface area contributed by atoms with Gasteiger partial charge in [0.2, 0.25) is 0 Å². The first-order valence-corrected chi connectivity index (χ1v) is 10.1. The van der Waals surface area contributed by atoms with Crippen molar-refractivity contribution in [1.29, 1.82) is 0 Å². The van der Waals surface area contributed by atoms with Crippen LogP contribution in [0.1, 0.15) is 22.8 Å². The number of carbonyl (C=O) groups excluding carboxylic acids is 1. The fraction of sp³-hybridized carbons (Fsp3) is 0.200. The van der Waals surface area contributed by atoms with E-state index < -0.39 is 0 Å². The molecule has 2 aromatic heterocycles. The number of carbonyl (C=O) groups is 1. The molecule has 4 rings (SSSR count). The summed E-state index contributed by atoms with van der Waals surface area (Å²) in [6.45, 7) is 5.50. The van der Waals surface area contributed by atoms with Gasteiger partial charge in [-0.1, -0.05) is 18.2 Å². The highest BCUT2D eigenvalue weighted by Crippen LogP contribution is 2.32. The number of fused-ring (bicyclic) bond motifs is 1. The second kappa shape index (κ2) is 8.82. The molecule has 30 heavy (non-hydrogen) atoms. The molecule has 0 bridgehead atoms. The van der Waals surface area contributed by atoms with Crippen molar-refractivity contribution in [2.75, 3.05) is 13.2 Å². The van der Waals surface area contributed by atoms with E-state index in [1.807, 2.05) is 12.3 Å². The van der Waals surface area contributed by atoms with Gasteiger partial charge in [-0.2, -0.15) is 0 Å². The van der Waals surface area contributed by atoms with Gasteiger partial charge in [-0.25, -0.2) is 4.79 Å². The molecule has 0 atom stereocenters. The van der Waals surface area contributed by atoms with E-state index in [1.165, 1.54) is 16.5 Å². The minimum atomic E-state index is -0.320. The van der Waals surface area contributed by atoms with Crippen LogP contribution in [0.2, 0.25) is 0 Å². The third kappa shape index (κ3) is 3.92. The summed E-state index contributed by atoms with van der Waals surface area (Å²) in [5.74, 6) is 0.401. The zero-order valence-electron chi connectivity index (χ0n) is 17.2. The Morgan fingerprint density at radius 2 is 1.83 bits per heavy atom. The maximum atomic E-state index is 11.8. The van der Waals surface area contributed by atoms with Crippen molar-refractivity contribution in [2.24, 2.45) is 0 Å². The van der Waals surface area contributed by atoms with Crippen LogP contribution in [-0.4, -0.2) is 28.7 Å². The van der Waals surface area contributed by atoms with Gasteiger partial charge in [-0.3, -0.25) is 4.98 Å². The van der Waals surface area contributed by atoms with E-state index in [-0.39, 0.29) is 5.97 Å². The maximum Gasteiger partial charge on any atom is 0.338 e. The monoisotopic (exact) mass is 400 g/mol. The van der Waals surface area contributed by atoms with Crippen LogP contribution in [0.5, 0.6) is 5.75 Å². The molecule has 0 aliphatic carbocycles. The lowest BCUT2D eigenvalue weighted by Gasteiger charge is -2.13. The van der Waals surface area contributed by atoms with Crippen LogP contribution in [0.25, 0.3) is 22.2 Å². The van der Waals surface area contributed by atoms with Crippen molar-refractivity contribution in [3.8, 4) is 17.0 Å². The Balaban J connectivity index is 1.55. The Kier molecular flexibility index (Phi) is 5.80. The molecule has 152 valence electrons. The Bertz CT molecular complexity index is 1150. The highest BCUT2D eigenvalue weighted by atomic mass is 16.5. The molecule has 0 saturated heterocycles. The number of pyridine rings is 1. The molecule has 2 heterocycles. The fourth-order valence-electron chi connectivity index (χ4n) is 3.74. The van der Waals surface area contributed by atoms with E-state index in [0.29, 0.717) is 25.3 Å². The van der Waals surface area contributed by atoms with Crippen molar-refractivity contribution in [2.45, 2.75) is 20.4 Å². The number of benzene rings is 2. The van der Waals surface area contributed by atoms with E-state index in [9.17, 15) is 4.79 Å². The number of ether oxygens (including phenoxy) is 2. The average Bonchev–Trinajstić information content (AvgIpc) is 3.07. The van der Waals surface area contributed by atoms with Gasteiger partial charge in [0.1, 0.15) is 12.4 Å². The molecule has 0 N–H and O–H groups in total. The minimum Gasteiger partial charge on any atom is -0.492 e. The van der Waals surface area contributed by atoms with E-state index in [4.69, 9.17) is 9.47 Å². The second-order valence-corrected chi connectivity index (χ2v) is 6.98. The SMILES string of the molecule is CCOC(=O)c1ccc(OCCn2c(-c3cccnc3)c(C)c3ccccc32)cc1. The number of aryl methyl sites for hydroxylation is 1. The van der Waals surface area contributed by atoms with Crippen LogP contribution in [0.15, 0.2) is 73.1 Å². The summed E-state index contributed by atoms with van der Waals surface area (Å²) >= 11 is 0. The van der Waals surface area contributed by atoms with Gasteiger partial charge in [-0.15, -0.1) is 0 Å². The zero-order valence-corrected chi connectivity index (χ0v) is 17.2. The van der Waals surface area contributed by atoms with Crippen LogP contribution in [-0.2, 0) is 11.3 Å². The second-order valence-electron chi connectivity index (χ2n) is 6.98. The summed E-state index contributed by atoms with van der Waals surface area (Å²) in [7, 11) is 0. The van der Waals surface area contributed by atoms with Crippen LogP contribution in [0.3, 0.4) is 0 Å². The molecule has 0 saturated carbocycles. The topological polar surface area (TPSA) is 53.4 Å². The molecular formula is C25H24N2O3.